The monoisotopic (exact) mass is 234 g/mol. The first-order chi connectivity index (χ1) is 7.77. The highest BCUT2D eigenvalue weighted by Gasteiger charge is 2.47. The molecule has 1 unspecified atom stereocenters. The van der Waals surface area contributed by atoms with Crippen molar-refractivity contribution in [2.24, 2.45) is 0 Å². The Morgan fingerprint density at radius 3 is 2.75 bits per heavy atom. The number of benzene rings is 1. The molecule has 0 aromatic heterocycles. The number of hydrogen-bond donors (Lipinski definition) is 1. The second-order valence-corrected chi connectivity index (χ2v) is 4.93. The molecule has 2 aliphatic rings. The normalized spacial score (nSPS) is 28.1. The number of fused-ring (bicyclic) bond motifs is 1. The zero-order valence-corrected chi connectivity index (χ0v) is 9.24. The van der Waals surface area contributed by atoms with Gasteiger partial charge in [-0.25, -0.2) is 4.79 Å². The van der Waals surface area contributed by atoms with Crippen molar-refractivity contribution >= 4 is 23.7 Å². The van der Waals surface area contributed by atoms with Gasteiger partial charge < -0.3 is 0 Å². The molecule has 0 aliphatic carbocycles. The Bertz CT molecular complexity index is 449. The average Bonchev–Trinajstić information content (AvgIpc) is 2.84. The molecule has 16 heavy (non-hydrogen) atoms. The topological polar surface area (TPSA) is 49.4 Å². The molecule has 2 atom stereocenters. The van der Waals surface area contributed by atoms with Crippen molar-refractivity contribution in [2.45, 2.75) is 11.4 Å². The van der Waals surface area contributed by atoms with Gasteiger partial charge in [-0.15, -0.1) is 11.8 Å². The van der Waals surface area contributed by atoms with Crippen molar-refractivity contribution in [1.29, 1.82) is 0 Å². The van der Waals surface area contributed by atoms with E-state index in [0.717, 1.165) is 5.56 Å². The van der Waals surface area contributed by atoms with Crippen LogP contribution in [0.15, 0.2) is 30.3 Å². The Morgan fingerprint density at radius 1 is 1.25 bits per heavy atom. The molecule has 3 rings (SSSR count). The summed E-state index contributed by atoms with van der Waals surface area (Å²) in [6.45, 7) is 0. The summed E-state index contributed by atoms with van der Waals surface area (Å²) in [5.41, 5.74) is 1.07. The maximum absolute atomic E-state index is 11.6. The van der Waals surface area contributed by atoms with Crippen LogP contribution in [0.2, 0.25) is 0 Å². The van der Waals surface area contributed by atoms with Gasteiger partial charge in [0.05, 0.1) is 0 Å². The SMILES string of the molecule is O=C1NC(=O)N2C(c3ccccc3)SC[C@@H]12. The fourth-order valence-electron chi connectivity index (χ4n) is 2.08. The van der Waals surface area contributed by atoms with Gasteiger partial charge in [0.1, 0.15) is 11.4 Å². The summed E-state index contributed by atoms with van der Waals surface area (Å²) >= 11 is 1.64. The van der Waals surface area contributed by atoms with E-state index in [1.54, 1.807) is 16.7 Å². The van der Waals surface area contributed by atoms with E-state index in [0.29, 0.717) is 5.75 Å². The Hall–Kier alpha value is -1.49. The number of hydrogen-bond acceptors (Lipinski definition) is 3. The zero-order valence-electron chi connectivity index (χ0n) is 8.42. The second kappa shape index (κ2) is 3.52. The third kappa shape index (κ3) is 1.31. The summed E-state index contributed by atoms with van der Waals surface area (Å²) in [4.78, 5) is 24.7. The Kier molecular flexibility index (Phi) is 2.14. The van der Waals surface area contributed by atoms with E-state index in [1.165, 1.54) is 0 Å². The first-order valence-corrected chi connectivity index (χ1v) is 6.12. The van der Waals surface area contributed by atoms with Crippen molar-refractivity contribution < 1.29 is 9.59 Å². The minimum absolute atomic E-state index is 0.0300. The van der Waals surface area contributed by atoms with Gasteiger partial charge in [-0.05, 0) is 5.56 Å². The number of imide groups is 1. The summed E-state index contributed by atoms with van der Waals surface area (Å²) in [5, 5.41) is 2.32. The Morgan fingerprint density at radius 2 is 2.00 bits per heavy atom. The van der Waals surface area contributed by atoms with Crippen LogP contribution in [0.25, 0.3) is 0 Å². The molecule has 2 saturated heterocycles. The van der Waals surface area contributed by atoms with Gasteiger partial charge in [0.15, 0.2) is 0 Å². The zero-order chi connectivity index (χ0) is 11.1. The summed E-state index contributed by atoms with van der Waals surface area (Å²) in [6.07, 6.45) is 0. The number of nitrogens with one attached hydrogen (secondary N) is 1. The van der Waals surface area contributed by atoms with E-state index < -0.39 is 0 Å². The number of rotatable bonds is 1. The predicted molar refractivity (Wildman–Crippen MR) is 60.8 cm³/mol. The van der Waals surface area contributed by atoms with Crippen molar-refractivity contribution in [3.8, 4) is 0 Å². The lowest BCUT2D eigenvalue weighted by Crippen LogP contribution is -2.32. The number of urea groups is 1. The molecule has 5 heteroatoms. The molecule has 2 heterocycles. The summed E-state index contributed by atoms with van der Waals surface area (Å²) in [5.74, 6) is 0.507. The van der Waals surface area contributed by atoms with E-state index in [2.05, 4.69) is 5.32 Å². The molecule has 2 fully saturated rings. The lowest BCUT2D eigenvalue weighted by atomic mass is 10.2. The highest BCUT2D eigenvalue weighted by Crippen LogP contribution is 2.42. The minimum Gasteiger partial charge on any atom is -0.295 e. The lowest BCUT2D eigenvalue weighted by molar-refractivity contribution is -0.120. The van der Waals surface area contributed by atoms with Crippen LogP contribution >= 0.6 is 11.8 Å². The molecular formula is C11H10N2O2S. The van der Waals surface area contributed by atoms with Crippen molar-refractivity contribution in [1.82, 2.24) is 10.2 Å². The number of carbonyl (C=O) groups excluding carboxylic acids is 2. The van der Waals surface area contributed by atoms with Crippen molar-refractivity contribution in [2.75, 3.05) is 5.75 Å². The maximum Gasteiger partial charge on any atom is 0.326 e. The van der Waals surface area contributed by atoms with E-state index >= 15 is 0 Å². The molecule has 0 radical (unpaired) electrons. The Balaban J connectivity index is 1.94. The molecule has 0 bridgehead atoms. The van der Waals surface area contributed by atoms with E-state index in [4.69, 9.17) is 0 Å². The molecular weight excluding hydrogens is 224 g/mol. The fourth-order valence-corrected chi connectivity index (χ4v) is 3.51. The van der Waals surface area contributed by atoms with Crippen LogP contribution in [-0.2, 0) is 4.79 Å². The predicted octanol–water partition coefficient (Wildman–Crippen LogP) is 1.35. The third-order valence-corrected chi connectivity index (χ3v) is 4.18. The molecule has 4 nitrogen and oxygen atoms in total. The number of amides is 3. The number of thioether (sulfide) groups is 1. The molecule has 82 valence electrons. The van der Waals surface area contributed by atoms with Gasteiger partial charge in [0.25, 0.3) is 5.91 Å². The third-order valence-electron chi connectivity index (χ3n) is 2.85. The fraction of sp³-hybridized carbons (Fsp3) is 0.273. The molecule has 1 aromatic carbocycles. The van der Waals surface area contributed by atoms with Gasteiger partial charge in [0, 0.05) is 5.75 Å². The van der Waals surface area contributed by atoms with Crippen LogP contribution in [0.4, 0.5) is 4.79 Å². The van der Waals surface area contributed by atoms with Gasteiger partial charge >= 0.3 is 6.03 Å². The average molecular weight is 234 g/mol. The molecule has 2 aliphatic heterocycles. The van der Waals surface area contributed by atoms with Crippen LogP contribution in [-0.4, -0.2) is 28.6 Å². The maximum atomic E-state index is 11.6. The highest BCUT2D eigenvalue weighted by molar-refractivity contribution is 7.99. The second-order valence-electron chi connectivity index (χ2n) is 3.81. The van der Waals surface area contributed by atoms with Crippen molar-refractivity contribution in [3.05, 3.63) is 35.9 Å². The first kappa shape index (κ1) is 9.72. The largest absolute Gasteiger partial charge is 0.326 e. The van der Waals surface area contributed by atoms with E-state index in [-0.39, 0.29) is 23.4 Å². The molecule has 3 amide bonds. The number of nitrogens with zero attached hydrogens (tertiary/aromatic N) is 1. The van der Waals surface area contributed by atoms with Crippen LogP contribution in [0.5, 0.6) is 0 Å². The van der Waals surface area contributed by atoms with Gasteiger partial charge in [-0.3, -0.25) is 15.0 Å². The quantitative estimate of drug-likeness (QED) is 0.746. The summed E-state index contributed by atoms with van der Waals surface area (Å²) in [7, 11) is 0. The minimum atomic E-state index is -0.289. The summed E-state index contributed by atoms with van der Waals surface area (Å²) in [6, 6.07) is 9.23. The molecule has 1 aromatic rings. The highest BCUT2D eigenvalue weighted by atomic mass is 32.2. The molecule has 0 saturated carbocycles. The van der Waals surface area contributed by atoms with Crippen molar-refractivity contribution in [3.63, 3.8) is 0 Å². The van der Waals surface area contributed by atoms with Gasteiger partial charge in [-0.1, -0.05) is 30.3 Å². The van der Waals surface area contributed by atoms with Crippen LogP contribution in [0.3, 0.4) is 0 Å². The van der Waals surface area contributed by atoms with Crippen LogP contribution in [0, 0.1) is 0 Å². The van der Waals surface area contributed by atoms with E-state index in [1.807, 2.05) is 30.3 Å². The van der Waals surface area contributed by atoms with Crippen LogP contribution in [0.1, 0.15) is 10.9 Å². The van der Waals surface area contributed by atoms with Gasteiger partial charge in [-0.2, -0.15) is 0 Å². The molecule has 1 N–H and O–H groups in total. The summed E-state index contributed by atoms with van der Waals surface area (Å²) < 4.78 is 0. The lowest BCUT2D eigenvalue weighted by Gasteiger charge is -2.20. The van der Waals surface area contributed by atoms with E-state index in [9.17, 15) is 9.59 Å². The smallest absolute Gasteiger partial charge is 0.295 e. The first-order valence-electron chi connectivity index (χ1n) is 5.07. The number of carbonyl (C=O) groups is 2. The Labute approximate surface area is 97.0 Å². The molecule has 0 spiro atoms. The van der Waals surface area contributed by atoms with Crippen LogP contribution < -0.4 is 5.32 Å². The van der Waals surface area contributed by atoms with Gasteiger partial charge in [0.2, 0.25) is 0 Å². The standard InChI is InChI=1S/C11H10N2O2S/c14-9-8-6-16-10(13(8)11(15)12-9)7-4-2-1-3-5-7/h1-5,8,10H,6H2,(H,12,14,15)/t8-,10?/m0/s1.